The standard InChI is InChI=1S/C19H38N4O3SSi/c1-18(2,3)20-13-15(26-28(7,8)19(4,5)6)14-25-17-16(21-27-22-17)23-9-11-24-12-10-23/h15,20H,9-14H2,1-8H3. The number of morpholine rings is 1. The summed E-state index contributed by atoms with van der Waals surface area (Å²) in [5, 5.41) is 3.71. The van der Waals surface area contributed by atoms with Crippen LogP contribution in [0.25, 0.3) is 0 Å². The van der Waals surface area contributed by atoms with Gasteiger partial charge in [-0.1, -0.05) is 20.8 Å². The molecule has 0 amide bonds. The van der Waals surface area contributed by atoms with Crippen molar-refractivity contribution >= 4 is 25.9 Å². The van der Waals surface area contributed by atoms with Crippen LogP contribution in [0.4, 0.5) is 5.82 Å². The van der Waals surface area contributed by atoms with Gasteiger partial charge in [-0.15, -0.1) is 4.37 Å². The molecule has 1 aromatic rings. The Labute approximate surface area is 175 Å². The van der Waals surface area contributed by atoms with E-state index in [1.54, 1.807) is 0 Å². The molecule has 2 heterocycles. The monoisotopic (exact) mass is 430 g/mol. The van der Waals surface area contributed by atoms with E-state index in [1.807, 2.05) is 0 Å². The van der Waals surface area contributed by atoms with Crippen LogP contribution in [0.15, 0.2) is 0 Å². The first-order chi connectivity index (χ1) is 12.9. The fourth-order valence-electron chi connectivity index (χ4n) is 2.56. The predicted molar refractivity (Wildman–Crippen MR) is 118 cm³/mol. The van der Waals surface area contributed by atoms with Crippen LogP contribution >= 0.6 is 11.7 Å². The molecule has 0 spiro atoms. The highest BCUT2D eigenvalue weighted by Gasteiger charge is 2.39. The molecule has 28 heavy (non-hydrogen) atoms. The number of rotatable bonds is 8. The van der Waals surface area contributed by atoms with Gasteiger partial charge in [0.2, 0.25) is 5.82 Å². The van der Waals surface area contributed by atoms with Gasteiger partial charge in [0.1, 0.15) is 6.61 Å². The fraction of sp³-hybridized carbons (Fsp3) is 0.895. The quantitative estimate of drug-likeness (QED) is 0.633. The van der Waals surface area contributed by atoms with E-state index in [1.165, 1.54) is 11.7 Å². The first-order valence-electron chi connectivity index (χ1n) is 10.1. The van der Waals surface area contributed by atoms with Crippen LogP contribution in [0.1, 0.15) is 41.5 Å². The molecule has 0 radical (unpaired) electrons. The Balaban J connectivity index is 2.05. The van der Waals surface area contributed by atoms with E-state index in [9.17, 15) is 0 Å². The van der Waals surface area contributed by atoms with E-state index < -0.39 is 8.32 Å². The van der Waals surface area contributed by atoms with Gasteiger partial charge in [-0.2, -0.15) is 4.37 Å². The average Bonchev–Trinajstić information content (AvgIpc) is 3.05. The topological polar surface area (TPSA) is 68.7 Å². The first-order valence-corrected chi connectivity index (χ1v) is 13.7. The van der Waals surface area contributed by atoms with Gasteiger partial charge in [-0.25, -0.2) is 0 Å². The van der Waals surface area contributed by atoms with Crippen molar-refractivity contribution in [1.29, 1.82) is 0 Å². The summed E-state index contributed by atoms with van der Waals surface area (Å²) < 4.78 is 27.0. The lowest BCUT2D eigenvalue weighted by Gasteiger charge is -2.39. The summed E-state index contributed by atoms with van der Waals surface area (Å²) in [5.74, 6) is 1.43. The molecule has 1 atom stereocenters. The number of aromatic nitrogens is 2. The second kappa shape index (κ2) is 9.38. The maximum atomic E-state index is 6.65. The molecule has 1 aliphatic rings. The van der Waals surface area contributed by atoms with Gasteiger partial charge in [-0.3, -0.25) is 0 Å². The van der Waals surface area contributed by atoms with Crippen molar-refractivity contribution in [3.05, 3.63) is 0 Å². The van der Waals surface area contributed by atoms with Crippen molar-refractivity contribution in [1.82, 2.24) is 14.1 Å². The molecule has 1 fully saturated rings. The Bertz CT molecular complexity index is 607. The molecular weight excluding hydrogens is 392 g/mol. The Kier molecular flexibility index (Phi) is 7.88. The van der Waals surface area contributed by atoms with Crippen LogP contribution in [-0.2, 0) is 9.16 Å². The van der Waals surface area contributed by atoms with Crippen LogP contribution in [0.3, 0.4) is 0 Å². The molecule has 0 bridgehead atoms. The normalized spacial score (nSPS) is 17.6. The molecular formula is C19H38N4O3SSi. The van der Waals surface area contributed by atoms with Gasteiger partial charge in [0.15, 0.2) is 8.32 Å². The predicted octanol–water partition coefficient (Wildman–Crippen LogP) is 3.53. The van der Waals surface area contributed by atoms with Crippen molar-refractivity contribution in [2.45, 2.75) is 71.3 Å². The maximum absolute atomic E-state index is 6.65. The lowest BCUT2D eigenvalue weighted by Crippen LogP contribution is -2.50. The minimum atomic E-state index is -1.91. The molecule has 9 heteroatoms. The summed E-state index contributed by atoms with van der Waals surface area (Å²) in [4.78, 5) is 2.18. The summed E-state index contributed by atoms with van der Waals surface area (Å²) >= 11 is 1.19. The molecule has 1 saturated heterocycles. The lowest BCUT2D eigenvalue weighted by molar-refractivity contribution is 0.104. The number of ether oxygens (including phenoxy) is 2. The summed E-state index contributed by atoms with van der Waals surface area (Å²) in [7, 11) is -1.91. The fourth-order valence-corrected chi connectivity index (χ4v) is 4.41. The van der Waals surface area contributed by atoms with E-state index in [4.69, 9.17) is 13.9 Å². The van der Waals surface area contributed by atoms with Crippen LogP contribution in [0.5, 0.6) is 5.88 Å². The molecule has 0 aliphatic carbocycles. The SMILES string of the molecule is CC(C)(C)NCC(COc1nsnc1N1CCOCC1)O[Si](C)(C)C(C)(C)C. The summed E-state index contributed by atoms with van der Waals surface area (Å²) in [6.07, 6.45) is -0.0423. The summed E-state index contributed by atoms with van der Waals surface area (Å²) in [6, 6.07) is 0. The molecule has 7 nitrogen and oxygen atoms in total. The molecule has 0 saturated carbocycles. The number of nitrogens with one attached hydrogen (secondary N) is 1. The minimum absolute atomic E-state index is 0.0240. The zero-order chi connectivity index (χ0) is 21.0. The van der Waals surface area contributed by atoms with Crippen molar-refractivity contribution < 1.29 is 13.9 Å². The first kappa shape index (κ1) is 23.5. The molecule has 2 rings (SSSR count). The summed E-state index contributed by atoms with van der Waals surface area (Å²) in [5.41, 5.74) is 0.0240. The van der Waals surface area contributed by atoms with Gasteiger partial charge >= 0.3 is 0 Å². The van der Waals surface area contributed by atoms with Crippen LogP contribution in [0.2, 0.25) is 18.1 Å². The number of anilines is 1. The van der Waals surface area contributed by atoms with E-state index in [2.05, 4.69) is 73.6 Å². The van der Waals surface area contributed by atoms with Gasteiger partial charge in [0.05, 0.1) is 31.0 Å². The minimum Gasteiger partial charge on any atom is -0.472 e. The van der Waals surface area contributed by atoms with Crippen LogP contribution < -0.4 is 15.0 Å². The van der Waals surface area contributed by atoms with Gasteiger partial charge in [0, 0.05) is 25.2 Å². The Morgan fingerprint density at radius 1 is 1.14 bits per heavy atom. The average molecular weight is 431 g/mol. The van der Waals surface area contributed by atoms with Crippen molar-refractivity contribution in [2.75, 3.05) is 44.4 Å². The zero-order valence-corrected chi connectivity index (χ0v) is 20.6. The van der Waals surface area contributed by atoms with Gasteiger partial charge in [-0.05, 0) is 38.9 Å². The third kappa shape index (κ3) is 6.95. The smallest absolute Gasteiger partial charge is 0.270 e. The third-order valence-electron chi connectivity index (χ3n) is 5.29. The van der Waals surface area contributed by atoms with Gasteiger partial charge < -0.3 is 24.1 Å². The second-order valence-electron chi connectivity index (χ2n) is 9.93. The molecule has 1 aliphatic heterocycles. The highest BCUT2D eigenvalue weighted by atomic mass is 32.1. The Hall–Kier alpha value is -0.743. The Morgan fingerprint density at radius 3 is 2.36 bits per heavy atom. The summed E-state index contributed by atoms with van der Waals surface area (Å²) in [6.45, 7) is 22.1. The van der Waals surface area contributed by atoms with E-state index in [0.717, 1.165) is 25.5 Å². The molecule has 0 aromatic carbocycles. The third-order valence-corrected chi connectivity index (χ3v) is 10.3. The lowest BCUT2D eigenvalue weighted by atomic mass is 10.1. The van der Waals surface area contributed by atoms with E-state index in [-0.39, 0.29) is 16.7 Å². The van der Waals surface area contributed by atoms with Crippen molar-refractivity contribution in [2.24, 2.45) is 0 Å². The molecule has 1 N–H and O–H groups in total. The van der Waals surface area contributed by atoms with Gasteiger partial charge in [0.25, 0.3) is 5.88 Å². The highest BCUT2D eigenvalue weighted by molar-refractivity contribution is 6.99. The number of hydrogen-bond donors (Lipinski definition) is 1. The molecule has 1 aromatic heterocycles. The van der Waals surface area contributed by atoms with E-state index >= 15 is 0 Å². The van der Waals surface area contributed by atoms with Crippen LogP contribution in [0, 0.1) is 0 Å². The molecule has 1 unspecified atom stereocenters. The van der Waals surface area contributed by atoms with Crippen molar-refractivity contribution in [3.63, 3.8) is 0 Å². The largest absolute Gasteiger partial charge is 0.472 e. The Morgan fingerprint density at radius 2 is 1.79 bits per heavy atom. The van der Waals surface area contributed by atoms with Crippen LogP contribution in [-0.4, -0.2) is 68.2 Å². The second-order valence-corrected chi connectivity index (χ2v) is 15.2. The van der Waals surface area contributed by atoms with E-state index in [0.29, 0.717) is 25.7 Å². The molecule has 162 valence electrons. The highest BCUT2D eigenvalue weighted by Crippen LogP contribution is 2.37. The van der Waals surface area contributed by atoms with Crippen molar-refractivity contribution in [3.8, 4) is 5.88 Å². The maximum Gasteiger partial charge on any atom is 0.270 e. The number of hydrogen-bond acceptors (Lipinski definition) is 8. The zero-order valence-electron chi connectivity index (χ0n) is 18.8. The number of nitrogens with zero attached hydrogens (tertiary/aromatic N) is 3.